The summed E-state index contributed by atoms with van der Waals surface area (Å²) in [6.07, 6.45) is 0.571. The molecule has 1 fully saturated rings. The Morgan fingerprint density at radius 3 is 2.94 bits per heavy atom. The molecule has 0 bridgehead atoms. The van der Waals surface area contributed by atoms with Crippen molar-refractivity contribution in [2.75, 3.05) is 13.1 Å². The van der Waals surface area contributed by atoms with Gasteiger partial charge in [-0.25, -0.2) is 0 Å². The van der Waals surface area contributed by atoms with Crippen LogP contribution in [0, 0.1) is 13.8 Å². The summed E-state index contributed by atoms with van der Waals surface area (Å²) in [6.45, 7) is 5.65. The highest BCUT2D eigenvalue weighted by atomic mass is 16.1. The lowest BCUT2D eigenvalue weighted by Gasteiger charge is -2.18. The summed E-state index contributed by atoms with van der Waals surface area (Å²) in [5, 5.41) is 6.35. The molecule has 1 amide bonds. The van der Waals surface area contributed by atoms with E-state index in [1.807, 2.05) is 0 Å². The first-order valence-electron chi connectivity index (χ1n) is 5.74. The summed E-state index contributed by atoms with van der Waals surface area (Å²) in [6, 6.07) is 6.70. The number of carbonyl (C=O) groups excluding carboxylic acids is 1. The molecule has 1 unspecified atom stereocenters. The highest BCUT2D eigenvalue weighted by molar-refractivity contribution is 5.76. The van der Waals surface area contributed by atoms with E-state index < -0.39 is 0 Å². The van der Waals surface area contributed by atoms with Gasteiger partial charge in [0.05, 0.1) is 0 Å². The monoisotopic (exact) mass is 218 g/mol. The first kappa shape index (κ1) is 11.1. The molecule has 0 radical (unpaired) electrons. The van der Waals surface area contributed by atoms with Gasteiger partial charge >= 0.3 is 0 Å². The molecule has 3 heteroatoms. The van der Waals surface area contributed by atoms with Crippen LogP contribution in [-0.2, 0) is 4.79 Å². The van der Waals surface area contributed by atoms with Crippen molar-refractivity contribution < 1.29 is 4.79 Å². The van der Waals surface area contributed by atoms with Crippen molar-refractivity contribution in [1.82, 2.24) is 10.6 Å². The number of rotatable bonds is 1. The Balaban J connectivity index is 2.22. The van der Waals surface area contributed by atoms with Crippen LogP contribution in [0.2, 0.25) is 0 Å². The first-order valence-corrected chi connectivity index (χ1v) is 5.74. The van der Waals surface area contributed by atoms with Crippen molar-refractivity contribution in [1.29, 1.82) is 0 Å². The van der Waals surface area contributed by atoms with E-state index in [0.29, 0.717) is 13.0 Å². The van der Waals surface area contributed by atoms with Gasteiger partial charge in [0.15, 0.2) is 0 Å². The van der Waals surface area contributed by atoms with Gasteiger partial charge in [-0.2, -0.15) is 0 Å². The van der Waals surface area contributed by atoms with Crippen LogP contribution in [0.25, 0.3) is 0 Å². The number of aryl methyl sites for hydroxylation is 2. The predicted octanol–water partition coefficient (Wildman–Crippen LogP) is 1.45. The van der Waals surface area contributed by atoms with E-state index in [9.17, 15) is 4.79 Å². The maximum Gasteiger partial charge on any atom is 0.221 e. The molecule has 0 aromatic heterocycles. The zero-order valence-electron chi connectivity index (χ0n) is 9.84. The Kier molecular flexibility index (Phi) is 3.25. The average molecular weight is 218 g/mol. The van der Waals surface area contributed by atoms with Crippen LogP contribution in [0.3, 0.4) is 0 Å². The molecule has 1 aromatic rings. The molecule has 1 aliphatic rings. The molecule has 16 heavy (non-hydrogen) atoms. The standard InChI is InChI=1S/C13H18N2O/c1-9-3-4-10(2)11(7-9)12-8-15-13(16)5-6-14-12/h3-4,7,12,14H,5-6,8H2,1-2H3,(H,15,16). The molecule has 1 atom stereocenters. The van der Waals surface area contributed by atoms with Crippen LogP contribution in [0.4, 0.5) is 0 Å². The maximum atomic E-state index is 11.3. The minimum absolute atomic E-state index is 0.139. The molecule has 1 saturated heterocycles. The minimum atomic E-state index is 0.139. The van der Waals surface area contributed by atoms with Crippen molar-refractivity contribution in [2.45, 2.75) is 26.3 Å². The lowest BCUT2D eigenvalue weighted by molar-refractivity contribution is -0.120. The van der Waals surface area contributed by atoms with Gasteiger partial charge in [-0.1, -0.05) is 23.8 Å². The van der Waals surface area contributed by atoms with Crippen molar-refractivity contribution in [3.8, 4) is 0 Å². The largest absolute Gasteiger partial charge is 0.354 e. The Hall–Kier alpha value is -1.35. The van der Waals surface area contributed by atoms with E-state index in [1.54, 1.807) is 0 Å². The molecule has 0 spiro atoms. The number of amides is 1. The molecule has 86 valence electrons. The Labute approximate surface area is 96.2 Å². The SMILES string of the molecule is Cc1ccc(C)c(C2CNC(=O)CCN2)c1. The van der Waals surface area contributed by atoms with Crippen molar-refractivity contribution >= 4 is 5.91 Å². The van der Waals surface area contributed by atoms with Crippen LogP contribution in [0.5, 0.6) is 0 Å². The van der Waals surface area contributed by atoms with Crippen LogP contribution in [-0.4, -0.2) is 19.0 Å². The quantitative estimate of drug-likeness (QED) is 0.749. The molecule has 1 heterocycles. The number of hydrogen-bond acceptors (Lipinski definition) is 2. The van der Waals surface area contributed by atoms with Crippen LogP contribution < -0.4 is 10.6 Å². The Morgan fingerprint density at radius 1 is 1.31 bits per heavy atom. The molecule has 2 rings (SSSR count). The number of benzene rings is 1. The van der Waals surface area contributed by atoms with E-state index in [0.717, 1.165) is 6.54 Å². The molecule has 0 saturated carbocycles. The van der Waals surface area contributed by atoms with Gasteiger partial charge in [0, 0.05) is 25.6 Å². The van der Waals surface area contributed by atoms with Gasteiger partial charge in [-0.05, 0) is 25.0 Å². The van der Waals surface area contributed by atoms with Crippen molar-refractivity contribution in [2.24, 2.45) is 0 Å². The maximum absolute atomic E-state index is 11.3. The van der Waals surface area contributed by atoms with E-state index >= 15 is 0 Å². The van der Waals surface area contributed by atoms with Gasteiger partial charge in [0.1, 0.15) is 0 Å². The summed E-state index contributed by atoms with van der Waals surface area (Å²) in [5.41, 5.74) is 3.83. The van der Waals surface area contributed by atoms with Gasteiger partial charge in [0.25, 0.3) is 0 Å². The highest BCUT2D eigenvalue weighted by Crippen LogP contribution is 2.19. The number of carbonyl (C=O) groups is 1. The third kappa shape index (κ3) is 2.42. The third-order valence-corrected chi connectivity index (χ3v) is 3.06. The molecule has 1 aliphatic heterocycles. The van der Waals surface area contributed by atoms with Crippen LogP contribution in [0.1, 0.15) is 29.2 Å². The molecule has 1 aromatic carbocycles. The molecular formula is C13H18N2O. The second-order valence-corrected chi connectivity index (χ2v) is 4.42. The zero-order valence-corrected chi connectivity index (χ0v) is 9.84. The van der Waals surface area contributed by atoms with E-state index in [1.165, 1.54) is 16.7 Å². The number of hydrogen-bond donors (Lipinski definition) is 2. The molecular weight excluding hydrogens is 200 g/mol. The number of nitrogens with one attached hydrogen (secondary N) is 2. The smallest absolute Gasteiger partial charge is 0.221 e. The van der Waals surface area contributed by atoms with Crippen molar-refractivity contribution in [3.63, 3.8) is 0 Å². The lowest BCUT2D eigenvalue weighted by Crippen LogP contribution is -2.29. The van der Waals surface area contributed by atoms with Crippen molar-refractivity contribution in [3.05, 3.63) is 34.9 Å². The van der Waals surface area contributed by atoms with Gasteiger partial charge in [-0.3, -0.25) is 4.79 Å². The Bertz CT molecular complexity index is 401. The zero-order chi connectivity index (χ0) is 11.5. The fraction of sp³-hybridized carbons (Fsp3) is 0.462. The topological polar surface area (TPSA) is 41.1 Å². The van der Waals surface area contributed by atoms with E-state index in [-0.39, 0.29) is 11.9 Å². The average Bonchev–Trinajstić information content (AvgIpc) is 2.47. The highest BCUT2D eigenvalue weighted by Gasteiger charge is 2.17. The minimum Gasteiger partial charge on any atom is -0.354 e. The second kappa shape index (κ2) is 4.66. The second-order valence-electron chi connectivity index (χ2n) is 4.42. The fourth-order valence-electron chi connectivity index (χ4n) is 2.09. The van der Waals surface area contributed by atoms with Gasteiger partial charge in [0.2, 0.25) is 5.91 Å². The molecule has 2 N–H and O–H groups in total. The summed E-state index contributed by atoms with van der Waals surface area (Å²) < 4.78 is 0. The Morgan fingerprint density at radius 2 is 2.12 bits per heavy atom. The van der Waals surface area contributed by atoms with Gasteiger partial charge < -0.3 is 10.6 Å². The molecule has 0 aliphatic carbocycles. The normalized spacial score (nSPS) is 21.4. The third-order valence-electron chi connectivity index (χ3n) is 3.06. The predicted molar refractivity (Wildman–Crippen MR) is 64.3 cm³/mol. The van der Waals surface area contributed by atoms with Crippen LogP contribution >= 0.6 is 0 Å². The summed E-state index contributed by atoms with van der Waals surface area (Å²) in [5.74, 6) is 0.139. The first-order chi connectivity index (χ1) is 7.66. The van der Waals surface area contributed by atoms with E-state index in [2.05, 4.69) is 42.7 Å². The molecule has 3 nitrogen and oxygen atoms in total. The van der Waals surface area contributed by atoms with E-state index in [4.69, 9.17) is 0 Å². The fourth-order valence-corrected chi connectivity index (χ4v) is 2.09. The summed E-state index contributed by atoms with van der Waals surface area (Å²) in [4.78, 5) is 11.3. The van der Waals surface area contributed by atoms with Crippen LogP contribution in [0.15, 0.2) is 18.2 Å². The summed E-state index contributed by atoms with van der Waals surface area (Å²) in [7, 11) is 0. The lowest BCUT2D eigenvalue weighted by atomic mass is 9.99. The van der Waals surface area contributed by atoms with Gasteiger partial charge in [-0.15, -0.1) is 0 Å². The summed E-state index contributed by atoms with van der Waals surface area (Å²) >= 11 is 0.